The van der Waals surface area contributed by atoms with Crippen molar-refractivity contribution in [3.8, 4) is 0 Å². The van der Waals surface area contributed by atoms with Crippen LogP contribution >= 0.6 is 12.2 Å². The standard InChI is InChI=1S/C7H15N3OS/c1-3-5-10(4-2)7(11)9-6(8)12/h3-5H2,1-2H3,(H3,8,9,11,12). The number of nitrogens with one attached hydrogen (secondary N) is 1. The average molecular weight is 189 g/mol. The lowest BCUT2D eigenvalue weighted by Gasteiger charge is -2.19. The van der Waals surface area contributed by atoms with Gasteiger partial charge in [0, 0.05) is 13.1 Å². The minimum atomic E-state index is -0.216. The number of hydrogen-bond acceptors (Lipinski definition) is 2. The summed E-state index contributed by atoms with van der Waals surface area (Å²) < 4.78 is 0. The van der Waals surface area contributed by atoms with E-state index in [4.69, 9.17) is 5.73 Å². The molecule has 5 heteroatoms. The lowest BCUT2D eigenvalue weighted by atomic mass is 10.4. The van der Waals surface area contributed by atoms with Crippen molar-refractivity contribution in [2.24, 2.45) is 5.73 Å². The van der Waals surface area contributed by atoms with Gasteiger partial charge in [-0.2, -0.15) is 0 Å². The number of carbonyl (C=O) groups is 1. The zero-order chi connectivity index (χ0) is 9.56. The molecule has 4 nitrogen and oxygen atoms in total. The number of thiocarbonyl (C=S) groups is 1. The fourth-order valence-corrected chi connectivity index (χ4v) is 0.945. The highest BCUT2D eigenvalue weighted by Crippen LogP contribution is 1.90. The number of urea groups is 1. The zero-order valence-electron chi connectivity index (χ0n) is 7.46. The Bertz CT molecular complexity index is 172. The molecule has 0 aromatic heterocycles. The van der Waals surface area contributed by atoms with E-state index < -0.39 is 0 Å². The minimum absolute atomic E-state index is 0.0227. The van der Waals surface area contributed by atoms with Crippen molar-refractivity contribution in [1.82, 2.24) is 10.2 Å². The zero-order valence-corrected chi connectivity index (χ0v) is 8.28. The quantitative estimate of drug-likeness (QED) is 0.642. The van der Waals surface area contributed by atoms with Gasteiger partial charge in [-0.1, -0.05) is 6.92 Å². The van der Waals surface area contributed by atoms with E-state index >= 15 is 0 Å². The van der Waals surface area contributed by atoms with Crippen molar-refractivity contribution in [2.75, 3.05) is 13.1 Å². The first-order valence-corrected chi connectivity index (χ1v) is 4.38. The summed E-state index contributed by atoms with van der Waals surface area (Å²) in [4.78, 5) is 12.9. The third kappa shape index (κ3) is 4.12. The molecule has 0 aliphatic rings. The molecule has 0 fully saturated rings. The van der Waals surface area contributed by atoms with Gasteiger partial charge in [-0.25, -0.2) is 4.79 Å². The second kappa shape index (κ2) is 5.77. The number of nitrogens with two attached hydrogens (primary N) is 1. The van der Waals surface area contributed by atoms with Crippen LogP contribution in [0, 0.1) is 0 Å². The summed E-state index contributed by atoms with van der Waals surface area (Å²) >= 11 is 4.54. The monoisotopic (exact) mass is 189 g/mol. The molecule has 0 atom stereocenters. The molecular formula is C7H15N3OS. The molecule has 0 bridgehead atoms. The highest BCUT2D eigenvalue weighted by molar-refractivity contribution is 7.80. The SMILES string of the molecule is CCCN(CC)C(=O)NC(N)=S. The van der Waals surface area contributed by atoms with Gasteiger partial charge in [0.05, 0.1) is 0 Å². The Morgan fingerprint density at radius 3 is 2.50 bits per heavy atom. The maximum atomic E-state index is 11.2. The first-order chi connectivity index (χ1) is 5.61. The van der Waals surface area contributed by atoms with E-state index in [0.29, 0.717) is 6.54 Å². The van der Waals surface area contributed by atoms with Crippen LogP contribution in [-0.2, 0) is 0 Å². The Balaban J connectivity index is 3.93. The molecule has 0 rings (SSSR count). The van der Waals surface area contributed by atoms with Crippen molar-refractivity contribution in [3.63, 3.8) is 0 Å². The molecule has 0 unspecified atom stereocenters. The molecule has 0 aromatic carbocycles. The van der Waals surface area contributed by atoms with Crippen LogP contribution in [0.5, 0.6) is 0 Å². The minimum Gasteiger partial charge on any atom is -0.376 e. The Labute approximate surface area is 78.1 Å². The fourth-order valence-electron chi connectivity index (χ4n) is 0.858. The highest BCUT2D eigenvalue weighted by Gasteiger charge is 2.09. The summed E-state index contributed by atoms with van der Waals surface area (Å²) in [5.74, 6) is 0. The van der Waals surface area contributed by atoms with Crippen LogP contribution in [0.4, 0.5) is 4.79 Å². The smallest absolute Gasteiger partial charge is 0.323 e. The summed E-state index contributed by atoms with van der Waals surface area (Å²) in [6.45, 7) is 5.32. The molecule has 0 spiro atoms. The van der Waals surface area contributed by atoms with Crippen LogP contribution in [0.3, 0.4) is 0 Å². The second-order valence-corrected chi connectivity index (χ2v) is 2.81. The predicted octanol–water partition coefficient (Wildman–Crippen LogP) is 0.672. The van der Waals surface area contributed by atoms with Gasteiger partial charge in [0.1, 0.15) is 0 Å². The Morgan fingerprint density at radius 2 is 2.17 bits per heavy atom. The number of nitrogens with zero attached hydrogens (tertiary/aromatic N) is 1. The second-order valence-electron chi connectivity index (χ2n) is 2.37. The van der Waals surface area contributed by atoms with E-state index in [2.05, 4.69) is 17.5 Å². The topological polar surface area (TPSA) is 58.4 Å². The van der Waals surface area contributed by atoms with E-state index in [9.17, 15) is 4.79 Å². The van der Waals surface area contributed by atoms with Gasteiger partial charge >= 0.3 is 6.03 Å². The number of carbonyl (C=O) groups excluding carboxylic acids is 1. The van der Waals surface area contributed by atoms with Crippen molar-refractivity contribution in [2.45, 2.75) is 20.3 Å². The first kappa shape index (κ1) is 11.2. The lowest BCUT2D eigenvalue weighted by Crippen LogP contribution is -2.45. The summed E-state index contributed by atoms with van der Waals surface area (Å²) in [5.41, 5.74) is 5.15. The van der Waals surface area contributed by atoms with Crippen molar-refractivity contribution in [1.29, 1.82) is 0 Å². The fraction of sp³-hybridized carbons (Fsp3) is 0.714. The molecule has 70 valence electrons. The Hall–Kier alpha value is -0.840. The van der Waals surface area contributed by atoms with Crippen LogP contribution in [0.25, 0.3) is 0 Å². The number of amides is 2. The van der Waals surface area contributed by atoms with Gasteiger partial charge < -0.3 is 10.6 Å². The molecule has 0 saturated heterocycles. The first-order valence-electron chi connectivity index (χ1n) is 3.97. The molecule has 2 amide bonds. The van der Waals surface area contributed by atoms with Crippen molar-refractivity contribution in [3.05, 3.63) is 0 Å². The van der Waals surface area contributed by atoms with E-state index in [1.165, 1.54) is 0 Å². The van der Waals surface area contributed by atoms with Crippen LogP contribution in [0.1, 0.15) is 20.3 Å². The van der Waals surface area contributed by atoms with Gasteiger partial charge in [-0.05, 0) is 25.6 Å². The molecule has 12 heavy (non-hydrogen) atoms. The summed E-state index contributed by atoms with van der Waals surface area (Å²) in [6, 6.07) is -0.216. The molecule has 0 saturated carbocycles. The third-order valence-electron chi connectivity index (χ3n) is 1.39. The van der Waals surface area contributed by atoms with E-state index in [1.807, 2.05) is 13.8 Å². The summed E-state index contributed by atoms with van der Waals surface area (Å²) in [7, 11) is 0. The predicted molar refractivity (Wildman–Crippen MR) is 52.9 cm³/mol. The Morgan fingerprint density at radius 1 is 1.58 bits per heavy atom. The molecule has 0 radical (unpaired) electrons. The normalized spacial score (nSPS) is 9.17. The van der Waals surface area contributed by atoms with Crippen LogP contribution in [0.15, 0.2) is 0 Å². The lowest BCUT2D eigenvalue weighted by molar-refractivity contribution is 0.206. The maximum Gasteiger partial charge on any atom is 0.323 e. The number of rotatable bonds is 3. The van der Waals surface area contributed by atoms with Gasteiger partial charge in [-0.3, -0.25) is 5.32 Å². The van der Waals surface area contributed by atoms with Crippen molar-refractivity contribution < 1.29 is 4.79 Å². The molecule has 3 N–H and O–H groups in total. The van der Waals surface area contributed by atoms with Gasteiger partial charge in [0.15, 0.2) is 5.11 Å². The summed E-state index contributed by atoms with van der Waals surface area (Å²) in [6.07, 6.45) is 0.929. The van der Waals surface area contributed by atoms with Crippen molar-refractivity contribution >= 4 is 23.4 Å². The molecule has 0 heterocycles. The number of hydrogen-bond donors (Lipinski definition) is 2. The third-order valence-corrected chi connectivity index (χ3v) is 1.49. The van der Waals surface area contributed by atoms with Crippen LogP contribution < -0.4 is 11.1 Å². The van der Waals surface area contributed by atoms with Crippen LogP contribution in [-0.4, -0.2) is 29.1 Å². The van der Waals surface area contributed by atoms with E-state index in [-0.39, 0.29) is 11.1 Å². The average Bonchev–Trinajstić information content (AvgIpc) is 1.98. The summed E-state index contributed by atoms with van der Waals surface area (Å²) in [5, 5.41) is 2.40. The molecule has 0 aromatic rings. The largest absolute Gasteiger partial charge is 0.376 e. The molecular weight excluding hydrogens is 174 g/mol. The Kier molecular flexibility index (Phi) is 5.36. The van der Waals surface area contributed by atoms with Gasteiger partial charge in [0.2, 0.25) is 0 Å². The van der Waals surface area contributed by atoms with Crippen LogP contribution in [0.2, 0.25) is 0 Å². The highest BCUT2D eigenvalue weighted by atomic mass is 32.1. The van der Waals surface area contributed by atoms with E-state index in [0.717, 1.165) is 13.0 Å². The molecule has 0 aliphatic heterocycles. The van der Waals surface area contributed by atoms with E-state index in [1.54, 1.807) is 4.90 Å². The van der Waals surface area contributed by atoms with Gasteiger partial charge in [-0.15, -0.1) is 0 Å². The maximum absolute atomic E-state index is 11.2. The van der Waals surface area contributed by atoms with Gasteiger partial charge in [0.25, 0.3) is 0 Å². The molecule has 0 aliphatic carbocycles.